The number of nitrogens with two attached hydrogens (primary N) is 1. The predicted octanol–water partition coefficient (Wildman–Crippen LogP) is 0.870. The number of esters is 2. The Hall–Kier alpha value is -1.14. The van der Waals surface area contributed by atoms with Gasteiger partial charge in [-0.15, -0.1) is 0 Å². The molecule has 6 nitrogen and oxygen atoms in total. The third-order valence-electron chi connectivity index (χ3n) is 3.61. The first-order valence-electron chi connectivity index (χ1n) is 6.85. The molecule has 0 radical (unpaired) electrons. The molecule has 0 aromatic heterocycles. The van der Waals surface area contributed by atoms with Crippen molar-refractivity contribution in [3.05, 3.63) is 0 Å². The van der Waals surface area contributed by atoms with E-state index in [0.717, 1.165) is 0 Å². The Morgan fingerprint density at radius 2 is 1.55 bits per heavy atom. The van der Waals surface area contributed by atoms with Crippen molar-refractivity contribution in [1.29, 1.82) is 0 Å². The van der Waals surface area contributed by atoms with Gasteiger partial charge in [-0.05, 0) is 26.7 Å². The summed E-state index contributed by atoms with van der Waals surface area (Å²) in [5.74, 6) is -2.19. The first-order chi connectivity index (χ1) is 9.25. The SMILES string of the molecule is CCC1OC(CC(C)(C)N)C(C(=O)OC)C1C(=O)OC. The molecule has 0 spiro atoms. The highest BCUT2D eigenvalue weighted by atomic mass is 16.6. The van der Waals surface area contributed by atoms with E-state index in [9.17, 15) is 9.59 Å². The number of carbonyl (C=O) groups is 2. The highest BCUT2D eigenvalue weighted by Gasteiger charge is 2.53. The van der Waals surface area contributed by atoms with Crippen LogP contribution in [0.5, 0.6) is 0 Å². The van der Waals surface area contributed by atoms with E-state index in [0.29, 0.717) is 12.8 Å². The van der Waals surface area contributed by atoms with Crippen molar-refractivity contribution in [3.63, 3.8) is 0 Å². The van der Waals surface area contributed by atoms with Crippen LogP contribution in [0.4, 0.5) is 0 Å². The second-order valence-corrected chi connectivity index (χ2v) is 5.91. The normalized spacial score (nSPS) is 30.1. The molecular formula is C14H25NO5. The standard InChI is InChI=1S/C14H25NO5/c1-6-8-10(12(16)18-4)11(13(17)19-5)9(20-8)7-14(2,3)15/h8-11H,6-7,15H2,1-5H3. The summed E-state index contributed by atoms with van der Waals surface area (Å²) in [5, 5.41) is 0. The van der Waals surface area contributed by atoms with E-state index in [1.54, 1.807) is 0 Å². The molecule has 116 valence electrons. The van der Waals surface area contributed by atoms with E-state index >= 15 is 0 Å². The topological polar surface area (TPSA) is 87.9 Å². The van der Waals surface area contributed by atoms with E-state index in [2.05, 4.69) is 0 Å². The van der Waals surface area contributed by atoms with Gasteiger partial charge in [-0.25, -0.2) is 0 Å². The van der Waals surface area contributed by atoms with Gasteiger partial charge in [0.1, 0.15) is 0 Å². The summed E-state index contributed by atoms with van der Waals surface area (Å²) >= 11 is 0. The van der Waals surface area contributed by atoms with E-state index < -0.39 is 35.4 Å². The number of hydrogen-bond donors (Lipinski definition) is 1. The van der Waals surface area contributed by atoms with E-state index in [1.807, 2.05) is 20.8 Å². The van der Waals surface area contributed by atoms with Crippen molar-refractivity contribution in [3.8, 4) is 0 Å². The molecule has 0 aliphatic carbocycles. The summed E-state index contributed by atoms with van der Waals surface area (Å²) in [6.07, 6.45) is 0.307. The highest BCUT2D eigenvalue weighted by molar-refractivity contribution is 5.83. The van der Waals surface area contributed by atoms with Gasteiger partial charge in [0, 0.05) is 5.54 Å². The van der Waals surface area contributed by atoms with Crippen LogP contribution in [-0.4, -0.2) is 43.9 Å². The number of methoxy groups -OCH3 is 2. The molecule has 1 heterocycles. The number of rotatable bonds is 5. The van der Waals surface area contributed by atoms with Crippen molar-refractivity contribution < 1.29 is 23.8 Å². The Morgan fingerprint density at radius 1 is 1.10 bits per heavy atom. The maximum Gasteiger partial charge on any atom is 0.312 e. The minimum atomic E-state index is -0.666. The predicted molar refractivity (Wildman–Crippen MR) is 72.8 cm³/mol. The summed E-state index contributed by atoms with van der Waals surface area (Å²) in [7, 11) is 2.62. The quantitative estimate of drug-likeness (QED) is 0.755. The van der Waals surface area contributed by atoms with Crippen LogP contribution in [0.3, 0.4) is 0 Å². The molecular weight excluding hydrogens is 262 g/mol. The average Bonchev–Trinajstić information content (AvgIpc) is 2.73. The molecule has 1 aliphatic rings. The molecule has 6 heteroatoms. The lowest BCUT2D eigenvalue weighted by atomic mass is 9.82. The van der Waals surface area contributed by atoms with Crippen molar-refractivity contribution in [2.24, 2.45) is 17.6 Å². The largest absolute Gasteiger partial charge is 0.469 e. The lowest BCUT2D eigenvalue weighted by molar-refractivity contribution is -0.157. The van der Waals surface area contributed by atoms with Gasteiger partial charge in [-0.3, -0.25) is 9.59 Å². The molecule has 0 saturated carbocycles. The third kappa shape index (κ3) is 3.70. The smallest absolute Gasteiger partial charge is 0.312 e. The summed E-state index contributed by atoms with van der Waals surface area (Å²) in [5.41, 5.74) is 5.51. The summed E-state index contributed by atoms with van der Waals surface area (Å²) in [4.78, 5) is 24.0. The van der Waals surface area contributed by atoms with Gasteiger partial charge >= 0.3 is 11.9 Å². The van der Waals surface area contributed by atoms with Crippen LogP contribution >= 0.6 is 0 Å². The molecule has 0 bridgehead atoms. The first kappa shape index (κ1) is 16.9. The molecule has 1 saturated heterocycles. The molecule has 2 N–H and O–H groups in total. The molecule has 1 fully saturated rings. The Balaban J connectivity index is 3.06. The lowest BCUT2D eigenvalue weighted by Crippen LogP contribution is -2.42. The minimum Gasteiger partial charge on any atom is -0.469 e. The number of hydrogen-bond acceptors (Lipinski definition) is 6. The van der Waals surface area contributed by atoms with Crippen LogP contribution < -0.4 is 5.73 Å². The average molecular weight is 287 g/mol. The van der Waals surface area contributed by atoms with Crippen molar-refractivity contribution in [2.45, 2.75) is 51.4 Å². The summed E-state index contributed by atoms with van der Waals surface area (Å²) in [6, 6.07) is 0. The molecule has 0 amide bonds. The second kappa shape index (κ2) is 6.54. The van der Waals surface area contributed by atoms with Crippen LogP contribution in [0.2, 0.25) is 0 Å². The van der Waals surface area contributed by atoms with E-state index in [1.165, 1.54) is 14.2 Å². The summed E-state index contributed by atoms with van der Waals surface area (Å²) in [6.45, 7) is 5.62. The van der Waals surface area contributed by atoms with Crippen molar-refractivity contribution in [1.82, 2.24) is 0 Å². The Kier molecular flexibility index (Phi) is 5.53. The van der Waals surface area contributed by atoms with Gasteiger partial charge in [0.05, 0.1) is 38.3 Å². The van der Waals surface area contributed by atoms with Gasteiger partial charge in [-0.2, -0.15) is 0 Å². The minimum absolute atomic E-state index is 0.348. The maximum absolute atomic E-state index is 12.1. The fourth-order valence-corrected chi connectivity index (χ4v) is 2.77. The molecule has 1 rings (SSSR count). The van der Waals surface area contributed by atoms with Gasteiger partial charge < -0.3 is 19.9 Å². The molecule has 4 atom stereocenters. The van der Waals surface area contributed by atoms with Crippen LogP contribution in [0.25, 0.3) is 0 Å². The van der Waals surface area contributed by atoms with Crippen molar-refractivity contribution in [2.75, 3.05) is 14.2 Å². The van der Waals surface area contributed by atoms with E-state index in [4.69, 9.17) is 19.9 Å². The lowest BCUT2D eigenvalue weighted by Gasteiger charge is -2.26. The second-order valence-electron chi connectivity index (χ2n) is 5.91. The first-order valence-corrected chi connectivity index (χ1v) is 6.85. The van der Waals surface area contributed by atoms with Crippen molar-refractivity contribution >= 4 is 11.9 Å². The molecule has 0 aromatic rings. The highest BCUT2D eigenvalue weighted by Crippen LogP contribution is 2.39. The fourth-order valence-electron chi connectivity index (χ4n) is 2.77. The summed E-state index contributed by atoms with van der Waals surface area (Å²) < 4.78 is 15.5. The fraction of sp³-hybridized carbons (Fsp3) is 0.857. The van der Waals surface area contributed by atoms with Gasteiger partial charge in [0.2, 0.25) is 0 Å². The van der Waals surface area contributed by atoms with Crippen LogP contribution in [-0.2, 0) is 23.8 Å². The Bertz CT molecular complexity index is 363. The van der Waals surface area contributed by atoms with E-state index in [-0.39, 0.29) is 6.10 Å². The molecule has 20 heavy (non-hydrogen) atoms. The number of carbonyl (C=O) groups excluding carboxylic acids is 2. The van der Waals surface area contributed by atoms with Gasteiger partial charge in [-0.1, -0.05) is 6.92 Å². The number of ether oxygens (including phenoxy) is 3. The van der Waals surface area contributed by atoms with Crippen LogP contribution in [0, 0.1) is 11.8 Å². The van der Waals surface area contributed by atoms with Gasteiger partial charge in [0.15, 0.2) is 0 Å². The maximum atomic E-state index is 12.1. The van der Waals surface area contributed by atoms with Crippen LogP contribution in [0.1, 0.15) is 33.6 Å². The van der Waals surface area contributed by atoms with Crippen LogP contribution in [0.15, 0.2) is 0 Å². The monoisotopic (exact) mass is 287 g/mol. The zero-order valence-corrected chi connectivity index (χ0v) is 12.8. The molecule has 4 unspecified atom stereocenters. The van der Waals surface area contributed by atoms with Gasteiger partial charge in [0.25, 0.3) is 0 Å². The molecule has 1 aliphatic heterocycles. The Morgan fingerprint density at radius 3 is 1.90 bits per heavy atom. The third-order valence-corrected chi connectivity index (χ3v) is 3.61. The Labute approximate surface area is 119 Å². The zero-order chi connectivity index (χ0) is 15.5. The molecule has 0 aromatic carbocycles. The zero-order valence-electron chi connectivity index (χ0n) is 12.8.